The Bertz CT molecular complexity index is 1200. The number of Topliss-reactive ketones (excluding diaryl/α,β-unsaturated/α-hetero) is 1. The maximum absolute atomic E-state index is 12.8. The first-order valence-corrected chi connectivity index (χ1v) is 11.9. The summed E-state index contributed by atoms with van der Waals surface area (Å²) in [5.74, 6) is 0.188. The molecule has 3 aromatic rings. The Morgan fingerprint density at radius 1 is 1.08 bits per heavy atom. The Balaban J connectivity index is 1.56. The predicted molar refractivity (Wildman–Crippen MR) is 139 cm³/mol. The van der Waals surface area contributed by atoms with Crippen LogP contribution in [0.5, 0.6) is 0 Å². The van der Waals surface area contributed by atoms with Crippen LogP contribution in [0.15, 0.2) is 59.1 Å². The fourth-order valence-corrected chi connectivity index (χ4v) is 3.75. The van der Waals surface area contributed by atoms with E-state index in [1.807, 2.05) is 55.5 Å². The van der Waals surface area contributed by atoms with Crippen molar-refractivity contribution < 1.29 is 18.9 Å². The molecule has 3 N–H and O–H groups in total. The number of hydrogen-bond donors (Lipinski definition) is 3. The van der Waals surface area contributed by atoms with Gasteiger partial charge in [0, 0.05) is 43.2 Å². The van der Waals surface area contributed by atoms with E-state index in [1.54, 1.807) is 13.1 Å². The van der Waals surface area contributed by atoms with Gasteiger partial charge in [-0.25, -0.2) is 9.59 Å². The summed E-state index contributed by atoms with van der Waals surface area (Å²) in [6.07, 6.45) is 0.670. The molecule has 0 bridgehead atoms. The van der Waals surface area contributed by atoms with Crippen LogP contribution in [0, 0.1) is 6.92 Å². The molecule has 9 nitrogen and oxygen atoms in total. The maximum atomic E-state index is 12.8. The van der Waals surface area contributed by atoms with Crippen molar-refractivity contribution in [3.8, 4) is 11.3 Å². The highest BCUT2D eigenvalue weighted by molar-refractivity contribution is 6.32. The van der Waals surface area contributed by atoms with Crippen molar-refractivity contribution in [2.45, 2.75) is 39.3 Å². The number of halogens is 1. The molecular formula is C26H30ClN5O4. The van der Waals surface area contributed by atoms with E-state index in [0.29, 0.717) is 17.1 Å². The summed E-state index contributed by atoms with van der Waals surface area (Å²) in [5.41, 5.74) is 3.18. The highest BCUT2D eigenvalue weighted by atomic mass is 35.5. The van der Waals surface area contributed by atoms with E-state index in [2.05, 4.69) is 21.1 Å². The molecule has 0 aliphatic rings. The maximum Gasteiger partial charge on any atom is 0.321 e. The summed E-state index contributed by atoms with van der Waals surface area (Å²) in [7, 11) is 1.63. The average molecular weight is 512 g/mol. The van der Waals surface area contributed by atoms with E-state index in [1.165, 1.54) is 11.8 Å². The molecule has 2 aromatic carbocycles. The standard InChI is InChI=1S/C26H30ClN5O4/c1-17-8-7-11-20(24(17)27)15-29-26(35)32(3)21(13-12-18(2)33)16-28-25(34)30-23-14-22(31-36-23)19-9-5-4-6-10-19/h4-11,14,21H,12-13,15-16H2,1-3H3,(H,29,35)(H2,28,30,34). The molecule has 0 aliphatic heterocycles. The van der Waals surface area contributed by atoms with Crippen molar-refractivity contribution in [1.82, 2.24) is 20.7 Å². The molecule has 0 aliphatic carbocycles. The minimum Gasteiger partial charge on any atom is -0.338 e. The average Bonchev–Trinajstić information content (AvgIpc) is 3.33. The van der Waals surface area contributed by atoms with E-state index in [4.69, 9.17) is 16.1 Å². The quantitative estimate of drug-likeness (QED) is 0.354. The van der Waals surface area contributed by atoms with Crippen LogP contribution in [-0.2, 0) is 11.3 Å². The second kappa shape index (κ2) is 12.7. The van der Waals surface area contributed by atoms with E-state index >= 15 is 0 Å². The normalized spacial score (nSPS) is 11.4. The van der Waals surface area contributed by atoms with Gasteiger partial charge in [-0.2, -0.15) is 0 Å². The van der Waals surface area contributed by atoms with E-state index in [-0.39, 0.29) is 37.2 Å². The Morgan fingerprint density at radius 3 is 2.56 bits per heavy atom. The SMILES string of the molecule is CC(=O)CCC(CNC(=O)Nc1cc(-c2ccccc2)no1)N(C)C(=O)NCc1cccc(C)c1Cl. The van der Waals surface area contributed by atoms with Gasteiger partial charge in [0.2, 0.25) is 5.88 Å². The van der Waals surface area contributed by atoms with Crippen LogP contribution in [0.3, 0.4) is 0 Å². The van der Waals surface area contributed by atoms with Crippen LogP contribution >= 0.6 is 11.6 Å². The summed E-state index contributed by atoms with van der Waals surface area (Å²) < 4.78 is 5.20. The number of carbonyl (C=O) groups excluding carboxylic acids is 3. The van der Waals surface area contributed by atoms with E-state index in [0.717, 1.165) is 16.7 Å². The molecule has 0 saturated carbocycles. The molecular weight excluding hydrogens is 482 g/mol. The third-order valence-electron chi connectivity index (χ3n) is 5.71. The van der Waals surface area contributed by atoms with Crippen LogP contribution in [0.2, 0.25) is 5.02 Å². The zero-order valence-electron chi connectivity index (χ0n) is 20.5. The first kappa shape index (κ1) is 26.7. The minimum absolute atomic E-state index is 0.0000893. The molecule has 0 saturated heterocycles. The number of nitrogens with zero attached hydrogens (tertiary/aromatic N) is 2. The lowest BCUT2D eigenvalue weighted by Gasteiger charge is -2.28. The zero-order chi connectivity index (χ0) is 26.1. The van der Waals surface area contributed by atoms with Crippen molar-refractivity contribution in [1.29, 1.82) is 0 Å². The first-order chi connectivity index (χ1) is 17.2. The number of benzene rings is 2. The van der Waals surface area contributed by atoms with Crippen LogP contribution in [0.4, 0.5) is 15.5 Å². The lowest BCUT2D eigenvalue weighted by atomic mass is 10.1. The Kier molecular flexibility index (Phi) is 9.46. The minimum atomic E-state index is -0.515. The monoisotopic (exact) mass is 511 g/mol. The number of rotatable bonds is 10. The Labute approximate surface area is 215 Å². The van der Waals surface area contributed by atoms with Crippen molar-refractivity contribution in [3.63, 3.8) is 0 Å². The summed E-state index contributed by atoms with van der Waals surface area (Å²) in [4.78, 5) is 38.3. The number of ketones is 1. The van der Waals surface area contributed by atoms with Gasteiger partial charge in [-0.15, -0.1) is 0 Å². The predicted octanol–water partition coefficient (Wildman–Crippen LogP) is 5.00. The molecule has 1 atom stereocenters. The first-order valence-electron chi connectivity index (χ1n) is 11.6. The van der Waals surface area contributed by atoms with Gasteiger partial charge in [-0.3, -0.25) is 5.32 Å². The van der Waals surface area contributed by atoms with E-state index < -0.39 is 12.1 Å². The van der Waals surface area contributed by atoms with Crippen LogP contribution < -0.4 is 16.0 Å². The summed E-state index contributed by atoms with van der Waals surface area (Å²) in [6.45, 7) is 3.78. The fourth-order valence-electron chi connectivity index (χ4n) is 3.55. The van der Waals surface area contributed by atoms with Gasteiger partial charge in [0.15, 0.2) is 0 Å². The summed E-state index contributed by atoms with van der Waals surface area (Å²) in [5, 5.41) is 12.8. The molecule has 0 radical (unpaired) electrons. The highest BCUT2D eigenvalue weighted by Crippen LogP contribution is 2.21. The molecule has 1 heterocycles. The van der Waals surface area contributed by atoms with Gasteiger partial charge < -0.3 is 24.9 Å². The highest BCUT2D eigenvalue weighted by Gasteiger charge is 2.22. The second-order valence-electron chi connectivity index (χ2n) is 8.49. The Morgan fingerprint density at radius 2 is 1.83 bits per heavy atom. The molecule has 190 valence electrons. The lowest BCUT2D eigenvalue weighted by Crippen LogP contribution is -2.49. The van der Waals surface area contributed by atoms with Gasteiger partial charge in [-0.05, 0) is 31.4 Å². The van der Waals surface area contributed by atoms with Crippen LogP contribution in [0.25, 0.3) is 11.3 Å². The molecule has 3 rings (SSSR count). The van der Waals surface area contributed by atoms with Gasteiger partial charge in [0.1, 0.15) is 11.5 Å². The molecule has 1 aromatic heterocycles. The number of likely N-dealkylation sites (N-methyl/N-ethyl adjacent to an activating group) is 1. The van der Waals surface area contributed by atoms with Gasteiger partial charge in [-0.1, -0.05) is 65.3 Å². The largest absolute Gasteiger partial charge is 0.338 e. The summed E-state index contributed by atoms with van der Waals surface area (Å²) >= 11 is 6.32. The number of nitrogens with one attached hydrogen (secondary N) is 3. The molecule has 0 fully saturated rings. The third-order valence-corrected chi connectivity index (χ3v) is 6.26. The topological polar surface area (TPSA) is 117 Å². The molecule has 36 heavy (non-hydrogen) atoms. The van der Waals surface area contributed by atoms with E-state index in [9.17, 15) is 14.4 Å². The number of aryl methyl sites for hydroxylation is 1. The van der Waals surface area contributed by atoms with Crippen LogP contribution in [0.1, 0.15) is 30.9 Å². The number of hydrogen-bond acceptors (Lipinski definition) is 5. The van der Waals surface area contributed by atoms with Gasteiger partial charge >= 0.3 is 12.1 Å². The number of amides is 4. The molecule has 4 amide bonds. The number of aromatic nitrogens is 1. The van der Waals surface area contributed by atoms with Crippen molar-refractivity contribution in [3.05, 3.63) is 70.7 Å². The fraction of sp³-hybridized carbons (Fsp3) is 0.308. The lowest BCUT2D eigenvalue weighted by molar-refractivity contribution is -0.117. The zero-order valence-corrected chi connectivity index (χ0v) is 21.3. The Hall–Kier alpha value is -3.85. The summed E-state index contributed by atoms with van der Waals surface area (Å²) in [6, 6.07) is 15.4. The second-order valence-corrected chi connectivity index (χ2v) is 8.87. The molecule has 0 spiro atoms. The van der Waals surface area contributed by atoms with Gasteiger partial charge in [0.25, 0.3) is 0 Å². The molecule has 1 unspecified atom stereocenters. The van der Waals surface area contributed by atoms with Crippen molar-refractivity contribution >= 4 is 35.3 Å². The van der Waals surface area contributed by atoms with Crippen molar-refractivity contribution in [2.75, 3.05) is 18.9 Å². The van der Waals surface area contributed by atoms with Crippen molar-refractivity contribution in [2.24, 2.45) is 0 Å². The smallest absolute Gasteiger partial charge is 0.321 e. The van der Waals surface area contributed by atoms with Gasteiger partial charge in [0.05, 0.1) is 6.04 Å². The number of anilines is 1. The third kappa shape index (κ3) is 7.58. The number of urea groups is 2. The molecule has 10 heteroatoms. The number of carbonyl (C=O) groups is 3. The van der Waals surface area contributed by atoms with Crippen LogP contribution in [-0.4, -0.2) is 47.5 Å².